The van der Waals surface area contributed by atoms with Crippen molar-refractivity contribution >= 4 is 5.95 Å². The second-order valence-electron chi connectivity index (χ2n) is 8.27. The van der Waals surface area contributed by atoms with Gasteiger partial charge in [-0.25, -0.2) is 9.97 Å². The Balaban J connectivity index is 1.71. The van der Waals surface area contributed by atoms with E-state index in [0.29, 0.717) is 0 Å². The minimum absolute atomic E-state index is 0.210. The first-order valence-electron chi connectivity index (χ1n) is 11.0. The van der Waals surface area contributed by atoms with Crippen molar-refractivity contribution < 1.29 is 9.47 Å². The molecule has 0 N–H and O–H groups in total. The van der Waals surface area contributed by atoms with Crippen LogP contribution in [0.15, 0.2) is 48.9 Å². The van der Waals surface area contributed by atoms with Crippen LogP contribution >= 0.6 is 0 Å². The van der Waals surface area contributed by atoms with Gasteiger partial charge in [0, 0.05) is 44.8 Å². The van der Waals surface area contributed by atoms with Crippen molar-refractivity contribution in [1.29, 1.82) is 0 Å². The second kappa shape index (κ2) is 9.96. The number of methoxy groups -OCH3 is 2. The van der Waals surface area contributed by atoms with Crippen LogP contribution in [0.2, 0.25) is 0 Å². The molecule has 0 amide bonds. The second-order valence-corrected chi connectivity index (χ2v) is 8.27. The Labute approximate surface area is 190 Å². The highest BCUT2D eigenvalue weighted by molar-refractivity contribution is 5.66. The molecule has 7 heteroatoms. The van der Waals surface area contributed by atoms with E-state index in [2.05, 4.69) is 27.0 Å². The first kappa shape index (κ1) is 22.0. The first-order chi connectivity index (χ1) is 15.6. The molecule has 3 aromatic rings. The normalized spacial score (nSPS) is 16.6. The van der Waals surface area contributed by atoms with Crippen molar-refractivity contribution in [3.05, 3.63) is 60.2 Å². The number of rotatable bonds is 7. The van der Waals surface area contributed by atoms with Crippen molar-refractivity contribution in [2.45, 2.75) is 31.8 Å². The van der Waals surface area contributed by atoms with E-state index in [-0.39, 0.29) is 6.04 Å². The van der Waals surface area contributed by atoms with Gasteiger partial charge in [-0.2, -0.15) is 0 Å². The summed E-state index contributed by atoms with van der Waals surface area (Å²) in [6.07, 6.45) is 9.03. The van der Waals surface area contributed by atoms with Crippen LogP contribution in [0, 0.1) is 0 Å². The highest BCUT2D eigenvalue weighted by atomic mass is 16.5. The summed E-state index contributed by atoms with van der Waals surface area (Å²) in [4.78, 5) is 18.3. The summed E-state index contributed by atoms with van der Waals surface area (Å²) in [5, 5.41) is 0. The zero-order valence-corrected chi connectivity index (χ0v) is 19.3. The molecule has 32 heavy (non-hydrogen) atoms. The Morgan fingerprint density at radius 1 is 1.03 bits per heavy atom. The summed E-state index contributed by atoms with van der Waals surface area (Å²) >= 11 is 0. The Morgan fingerprint density at radius 2 is 1.81 bits per heavy atom. The fourth-order valence-electron chi connectivity index (χ4n) is 4.31. The zero-order chi connectivity index (χ0) is 22.5. The number of hydrogen-bond acceptors (Lipinski definition) is 7. The molecule has 0 saturated carbocycles. The van der Waals surface area contributed by atoms with Crippen molar-refractivity contribution in [3.8, 4) is 22.6 Å². The predicted molar refractivity (Wildman–Crippen MR) is 126 cm³/mol. The molecule has 1 aliphatic rings. The Bertz CT molecular complexity index is 1040. The van der Waals surface area contributed by atoms with Gasteiger partial charge in [0.2, 0.25) is 5.95 Å². The number of anilines is 1. The van der Waals surface area contributed by atoms with Gasteiger partial charge in [0.1, 0.15) is 0 Å². The fraction of sp³-hybridized carbons (Fsp3) is 0.400. The summed E-state index contributed by atoms with van der Waals surface area (Å²) in [5.41, 5.74) is 4.44. The van der Waals surface area contributed by atoms with Crippen molar-refractivity contribution in [3.63, 3.8) is 0 Å². The van der Waals surface area contributed by atoms with Crippen LogP contribution in [-0.2, 0) is 6.54 Å². The molecule has 1 aromatic carbocycles. The van der Waals surface area contributed by atoms with Gasteiger partial charge in [-0.3, -0.25) is 9.88 Å². The first-order valence-corrected chi connectivity index (χ1v) is 11.0. The van der Waals surface area contributed by atoms with Crippen molar-refractivity contribution in [2.24, 2.45) is 0 Å². The maximum absolute atomic E-state index is 5.52. The van der Waals surface area contributed by atoms with Gasteiger partial charge in [-0.1, -0.05) is 12.5 Å². The number of benzene rings is 1. The largest absolute Gasteiger partial charge is 0.493 e. The predicted octanol–water partition coefficient (Wildman–Crippen LogP) is 4.35. The molecule has 2 aromatic heterocycles. The van der Waals surface area contributed by atoms with Crippen molar-refractivity contribution in [2.75, 3.05) is 39.8 Å². The molecule has 1 atom stereocenters. The number of hydrogen-bond donors (Lipinski definition) is 0. The summed E-state index contributed by atoms with van der Waals surface area (Å²) in [6.45, 7) is 1.85. The highest BCUT2D eigenvalue weighted by Crippen LogP contribution is 2.37. The van der Waals surface area contributed by atoms with Gasteiger partial charge in [0.05, 0.1) is 26.0 Å². The van der Waals surface area contributed by atoms with Crippen LogP contribution in [0.3, 0.4) is 0 Å². The van der Waals surface area contributed by atoms with E-state index < -0.39 is 0 Å². The van der Waals surface area contributed by atoms with Crippen LogP contribution in [-0.4, -0.2) is 54.7 Å². The maximum Gasteiger partial charge on any atom is 0.225 e. The number of aromatic nitrogens is 3. The molecule has 3 heterocycles. The minimum atomic E-state index is 0.210. The lowest BCUT2D eigenvalue weighted by Gasteiger charge is -2.36. The Kier molecular flexibility index (Phi) is 6.85. The molecule has 0 spiro atoms. The molecule has 7 nitrogen and oxygen atoms in total. The molecule has 1 saturated heterocycles. The summed E-state index contributed by atoms with van der Waals surface area (Å²) < 4.78 is 10.9. The minimum Gasteiger partial charge on any atom is -0.493 e. The van der Waals surface area contributed by atoms with E-state index in [9.17, 15) is 0 Å². The SMILES string of the molecule is COc1ccc(CN2CCCCC2c2nc(N(C)C)ncc2-c2ccncc2)cc1OC. The van der Waals surface area contributed by atoms with Crippen LogP contribution < -0.4 is 14.4 Å². The Morgan fingerprint density at radius 3 is 2.53 bits per heavy atom. The summed E-state index contributed by atoms with van der Waals surface area (Å²) in [7, 11) is 7.30. The van der Waals surface area contributed by atoms with Gasteiger partial charge in [-0.05, 0) is 54.8 Å². The van der Waals surface area contributed by atoms with E-state index in [1.54, 1.807) is 14.2 Å². The van der Waals surface area contributed by atoms with Crippen LogP contribution in [0.5, 0.6) is 11.5 Å². The number of piperidine rings is 1. The van der Waals surface area contributed by atoms with E-state index in [4.69, 9.17) is 14.5 Å². The molecule has 0 radical (unpaired) electrons. The van der Waals surface area contributed by atoms with Crippen LogP contribution in [0.1, 0.15) is 36.6 Å². The average Bonchev–Trinajstić information content (AvgIpc) is 2.84. The van der Waals surface area contributed by atoms with Gasteiger partial charge >= 0.3 is 0 Å². The molecule has 0 aliphatic carbocycles. The van der Waals surface area contributed by atoms with Gasteiger partial charge in [0.15, 0.2) is 11.5 Å². The average molecular weight is 434 g/mol. The highest BCUT2D eigenvalue weighted by Gasteiger charge is 2.28. The molecular formula is C25H31N5O2. The number of pyridine rings is 1. The lowest BCUT2D eigenvalue weighted by atomic mass is 9.93. The molecule has 4 rings (SSSR count). The molecule has 1 aliphatic heterocycles. The third-order valence-corrected chi connectivity index (χ3v) is 5.96. The van der Waals surface area contributed by atoms with Crippen LogP contribution in [0.25, 0.3) is 11.1 Å². The maximum atomic E-state index is 5.52. The lowest BCUT2D eigenvalue weighted by molar-refractivity contribution is 0.137. The molecule has 0 bridgehead atoms. The fourth-order valence-corrected chi connectivity index (χ4v) is 4.31. The number of likely N-dealkylation sites (tertiary alicyclic amines) is 1. The molecule has 168 valence electrons. The van der Waals surface area contributed by atoms with Gasteiger partial charge in [0.25, 0.3) is 0 Å². The third-order valence-electron chi connectivity index (χ3n) is 5.96. The monoisotopic (exact) mass is 433 g/mol. The Hall–Kier alpha value is -3.19. The number of nitrogens with zero attached hydrogens (tertiary/aromatic N) is 5. The zero-order valence-electron chi connectivity index (χ0n) is 19.3. The van der Waals surface area contributed by atoms with E-state index in [1.165, 1.54) is 18.4 Å². The van der Waals surface area contributed by atoms with Crippen molar-refractivity contribution in [1.82, 2.24) is 19.9 Å². The standard InChI is InChI=1S/C25H31N5O2/c1-29(2)25-27-16-20(19-10-12-26-13-11-19)24(28-25)21-7-5-6-14-30(21)17-18-8-9-22(31-3)23(15-18)32-4/h8-13,15-16,21H,5-7,14,17H2,1-4H3. The van der Waals surface area contributed by atoms with Gasteiger partial charge in [-0.15, -0.1) is 0 Å². The van der Waals surface area contributed by atoms with E-state index in [0.717, 1.165) is 53.8 Å². The quantitative estimate of drug-likeness (QED) is 0.549. The van der Waals surface area contributed by atoms with E-state index in [1.807, 2.05) is 55.8 Å². The third kappa shape index (κ3) is 4.67. The molecular weight excluding hydrogens is 402 g/mol. The smallest absolute Gasteiger partial charge is 0.225 e. The summed E-state index contributed by atoms with van der Waals surface area (Å²) in [6, 6.07) is 10.4. The lowest BCUT2D eigenvalue weighted by Crippen LogP contribution is -2.34. The topological polar surface area (TPSA) is 63.6 Å². The molecule has 1 fully saturated rings. The molecule has 1 unspecified atom stereocenters. The van der Waals surface area contributed by atoms with Gasteiger partial charge < -0.3 is 14.4 Å². The number of ether oxygens (including phenoxy) is 2. The van der Waals surface area contributed by atoms with E-state index >= 15 is 0 Å². The summed E-state index contributed by atoms with van der Waals surface area (Å²) in [5.74, 6) is 2.24. The van der Waals surface area contributed by atoms with Crippen LogP contribution in [0.4, 0.5) is 5.95 Å².